The first-order valence-corrected chi connectivity index (χ1v) is 11.8. The van der Waals surface area contributed by atoms with Crippen LogP contribution < -0.4 is 5.32 Å². The molecule has 1 fully saturated rings. The number of hydrogen-bond acceptors (Lipinski definition) is 6. The topological polar surface area (TPSA) is 70.8 Å². The quantitative estimate of drug-likeness (QED) is 0.453. The number of nitrogens with one attached hydrogen (secondary N) is 1. The second-order valence-electron chi connectivity index (χ2n) is 8.66. The first-order valence-electron chi connectivity index (χ1n) is 11.8. The second kappa shape index (κ2) is 12.2. The minimum atomic E-state index is -4.38. The number of carbonyl (C=O) groups is 1. The average Bonchev–Trinajstić information content (AvgIpc) is 3.34. The van der Waals surface area contributed by atoms with Crippen molar-refractivity contribution in [1.29, 1.82) is 0 Å². The molecule has 4 rings (SSSR count). The van der Waals surface area contributed by atoms with Crippen LogP contribution in [0.1, 0.15) is 33.1 Å². The number of ether oxygens (including phenoxy) is 1. The molecule has 0 radical (unpaired) electrons. The first-order chi connectivity index (χ1) is 17.4. The Bertz CT molecular complexity index is 1100. The molecule has 0 saturated carbocycles. The molecule has 1 aliphatic rings. The van der Waals surface area contributed by atoms with Crippen molar-refractivity contribution in [2.24, 2.45) is 0 Å². The van der Waals surface area contributed by atoms with Gasteiger partial charge in [-0.15, -0.1) is 0 Å². The smallest absolute Gasteiger partial charge is 0.416 e. The summed E-state index contributed by atoms with van der Waals surface area (Å²) < 4.78 is 49.7. The lowest BCUT2D eigenvalue weighted by molar-refractivity contribution is -0.137. The highest BCUT2D eigenvalue weighted by Crippen LogP contribution is 2.29. The molecule has 0 bridgehead atoms. The predicted octanol–water partition coefficient (Wildman–Crippen LogP) is 3.96. The monoisotopic (exact) mass is 502 g/mol. The van der Waals surface area contributed by atoms with Gasteiger partial charge in [0.2, 0.25) is 5.89 Å². The molecule has 192 valence electrons. The fourth-order valence-electron chi connectivity index (χ4n) is 3.99. The number of halogens is 3. The fourth-order valence-corrected chi connectivity index (χ4v) is 3.99. The largest absolute Gasteiger partial charge is 0.447 e. The summed E-state index contributed by atoms with van der Waals surface area (Å²) in [4.78, 5) is 21.1. The average molecular weight is 503 g/mol. The molecule has 36 heavy (non-hydrogen) atoms. The van der Waals surface area contributed by atoms with E-state index in [1.807, 2.05) is 35.2 Å². The highest BCUT2D eigenvalue weighted by atomic mass is 19.4. The molecule has 0 atom stereocenters. The zero-order valence-corrected chi connectivity index (χ0v) is 19.8. The normalized spacial score (nSPS) is 14.8. The number of amides is 1. The van der Waals surface area contributed by atoms with Crippen LogP contribution in [-0.2, 0) is 30.5 Å². The van der Waals surface area contributed by atoms with E-state index in [4.69, 9.17) is 9.15 Å². The first kappa shape index (κ1) is 25.9. The molecule has 10 heteroatoms. The van der Waals surface area contributed by atoms with Gasteiger partial charge in [-0.1, -0.05) is 42.5 Å². The lowest BCUT2D eigenvalue weighted by Gasteiger charge is -2.26. The van der Waals surface area contributed by atoms with Gasteiger partial charge in [0, 0.05) is 39.3 Å². The number of aromatic nitrogens is 1. The van der Waals surface area contributed by atoms with Crippen molar-refractivity contribution in [2.75, 3.05) is 39.4 Å². The lowest BCUT2D eigenvalue weighted by atomic mass is 10.1. The maximum atomic E-state index is 12.9. The SMILES string of the molecule is O=C(NCCN1CCOCC1)c1coc(CN(Cc2ccccc2)Cc2ccc(C(F)(F)F)cc2)n1. The van der Waals surface area contributed by atoms with Crippen LogP contribution in [0, 0.1) is 0 Å². The van der Waals surface area contributed by atoms with Crippen LogP contribution in [0.3, 0.4) is 0 Å². The summed E-state index contributed by atoms with van der Waals surface area (Å²) >= 11 is 0. The van der Waals surface area contributed by atoms with Crippen LogP contribution in [-0.4, -0.2) is 60.1 Å². The van der Waals surface area contributed by atoms with Crippen molar-refractivity contribution in [3.8, 4) is 0 Å². The molecule has 3 aromatic rings. The summed E-state index contributed by atoms with van der Waals surface area (Å²) in [6.07, 6.45) is -3.04. The van der Waals surface area contributed by atoms with Gasteiger partial charge in [0.05, 0.1) is 25.3 Å². The fraction of sp³-hybridized carbons (Fsp3) is 0.385. The molecule has 1 amide bonds. The highest BCUT2D eigenvalue weighted by molar-refractivity contribution is 5.91. The lowest BCUT2D eigenvalue weighted by Crippen LogP contribution is -2.41. The number of oxazole rings is 1. The van der Waals surface area contributed by atoms with E-state index >= 15 is 0 Å². The van der Waals surface area contributed by atoms with Gasteiger partial charge in [-0.25, -0.2) is 4.98 Å². The molecule has 2 aromatic carbocycles. The van der Waals surface area contributed by atoms with E-state index in [-0.39, 0.29) is 18.1 Å². The summed E-state index contributed by atoms with van der Waals surface area (Å²) in [7, 11) is 0. The molecular formula is C26H29F3N4O3. The Kier molecular flexibility index (Phi) is 8.74. The number of carbonyl (C=O) groups excluding carboxylic acids is 1. The van der Waals surface area contributed by atoms with Crippen molar-refractivity contribution in [3.63, 3.8) is 0 Å². The van der Waals surface area contributed by atoms with Gasteiger partial charge in [-0.2, -0.15) is 13.2 Å². The number of rotatable bonds is 10. The van der Waals surface area contributed by atoms with E-state index in [9.17, 15) is 18.0 Å². The maximum absolute atomic E-state index is 12.9. The van der Waals surface area contributed by atoms with E-state index in [0.29, 0.717) is 38.7 Å². The molecule has 0 spiro atoms. The predicted molar refractivity (Wildman–Crippen MR) is 127 cm³/mol. The summed E-state index contributed by atoms with van der Waals surface area (Å²) in [6.45, 7) is 5.53. The second-order valence-corrected chi connectivity index (χ2v) is 8.66. The Morgan fingerprint density at radius 3 is 2.31 bits per heavy atom. The molecule has 0 unspecified atom stereocenters. The molecule has 2 heterocycles. The zero-order valence-electron chi connectivity index (χ0n) is 19.8. The zero-order chi connectivity index (χ0) is 25.4. The number of benzene rings is 2. The van der Waals surface area contributed by atoms with E-state index in [1.54, 1.807) is 0 Å². The van der Waals surface area contributed by atoms with E-state index < -0.39 is 11.7 Å². The van der Waals surface area contributed by atoms with Crippen LogP contribution in [0.2, 0.25) is 0 Å². The Hall–Kier alpha value is -3.21. The number of nitrogens with zero attached hydrogens (tertiary/aromatic N) is 3. The third kappa shape index (κ3) is 7.64. The van der Waals surface area contributed by atoms with Gasteiger partial charge < -0.3 is 14.5 Å². The van der Waals surface area contributed by atoms with Gasteiger partial charge in [0.25, 0.3) is 5.91 Å². The van der Waals surface area contributed by atoms with Crippen LogP contribution >= 0.6 is 0 Å². The Morgan fingerprint density at radius 2 is 1.64 bits per heavy atom. The van der Waals surface area contributed by atoms with E-state index in [1.165, 1.54) is 18.4 Å². The standard InChI is InChI=1S/C26H29F3N4O3/c27-26(28,29)22-8-6-21(7-9-22)17-33(16-20-4-2-1-3-5-20)18-24-31-23(19-36-24)25(34)30-10-11-32-12-14-35-15-13-32/h1-9,19H,10-18H2,(H,30,34). The third-order valence-electron chi connectivity index (χ3n) is 5.90. The minimum absolute atomic E-state index is 0.196. The van der Waals surface area contributed by atoms with Crippen molar-refractivity contribution >= 4 is 5.91 Å². The van der Waals surface area contributed by atoms with Gasteiger partial charge in [-0.05, 0) is 23.3 Å². The van der Waals surface area contributed by atoms with Gasteiger partial charge in [0.15, 0.2) is 5.69 Å². The van der Waals surface area contributed by atoms with Crippen LogP contribution in [0.25, 0.3) is 0 Å². The molecule has 7 nitrogen and oxygen atoms in total. The minimum Gasteiger partial charge on any atom is -0.447 e. The Balaban J connectivity index is 1.37. The van der Waals surface area contributed by atoms with Gasteiger partial charge >= 0.3 is 6.18 Å². The van der Waals surface area contributed by atoms with Crippen molar-refractivity contribution in [3.05, 3.63) is 89.1 Å². The van der Waals surface area contributed by atoms with E-state index in [2.05, 4.69) is 15.2 Å². The summed E-state index contributed by atoms with van der Waals surface area (Å²) in [6, 6.07) is 14.8. The maximum Gasteiger partial charge on any atom is 0.416 e. The number of alkyl halides is 3. The Morgan fingerprint density at radius 1 is 0.972 bits per heavy atom. The summed E-state index contributed by atoms with van der Waals surface area (Å²) in [5, 5.41) is 2.86. The molecule has 1 N–H and O–H groups in total. The van der Waals surface area contributed by atoms with Gasteiger partial charge in [0.1, 0.15) is 6.26 Å². The molecule has 1 aromatic heterocycles. The molecule has 1 aliphatic heterocycles. The van der Waals surface area contributed by atoms with Crippen molar-refractivity contribution in [1.82, 2.24) is 20.1 Å². The number of hydrogen-bond donors (Lipinski definition) is 1. The van der Waals surface area contributed by atoms with Gasteiger partial charge in [-0.3, -0.25) is 14.6 Å². The number of morpholine rings is 1. The molecule has 1 saturated heterocycles. The van der Waals surface area contributed by atoms with Crippen LogP contribution in [0.4, 0.5) is 13.2 Å². The van der Waals surface area contributed by atoms with Crippen LogP contribution in [0.15, 0.2) is 65.3 Å². The summed E-state index contributed by atoms with van der Waals surface area (Å²) in [5.74, 6) is 0.0479. The van der Waals surface area contributed by atoms with Crippen molar-refractivity contribution < 1.29 is 27.1 Å². The van der Waals surface area contributed by atoms with Crippen molar-refractivity contribution in [2.45, 2.75) is 25.8 Å². The molecular weight excluding hydrogens is 473 g/mol. The highest BCUT2D eigenvalue weighted by Gasteiger charge is 2.30. The molecule has 0 aliphatic carbocycles. The van der Waals surface area contributed by atoms with E-state index in [0.717, 1.165) is 42.9 Å². The Labute approximate surface area is 207 Å². The summed E-state index contributed by atoms with van der Waals surface area (Å²) in [5.41, 5.74) is 1.28. The third-order valence-corrected chi connectivity index (χ3v) is 5.90. The van der Waals surface area contributed by atoms with Crippen LogP contribution in [0.5, 0.6) is 0 Å².